The maximum atomic E-state index is 15.1. The number of rotatable bonds is 12. The fraction of sp³-hybridized carbons (Fsp3) is 0.390. The van der Waals surface area contributed by atoms with Crippen LogP contribution in [0.4, 0.5) is 0 Å². The Hall–Kier alpha value is -5.68. The predicted molar refractivity (Wildman–Crippen MR) is 298 cm³/mol. The smallest absolute Gasteiger partial charge is 0.453 e. The Morgan fingerprint density at radius 3 is 1.35 bits per heavy atom. The van der Waals surface area contributed by atoms with E-state index in [1.807, 2.05) is 85.8 Å². The predicted octanol–water partition coefficient (Wildman–Crippen LogP) is 16.4. The molecule has 1 aliphatic heterocycles. The number of benzene rings is 6. The van der Waals surface area contributed by atoms with Gasteiger partial charge in [0, 0.05) is 44.2 Å². The highest BCUT2D eigenvalue weighted by Gasteiger charge is 2.48. The summed E-state index contributed by atoms with van der Waals surface area (Å²) in [4.78, 5) is 0.130. The minimum Gasteiger partial charge on any atom is -0.497 e. The molecule has 0 bridgehead atoms. The van der Waals surface area contributed by atoms with Gasteiger partial charge in [-0.25, -0.2) is 8.42 Å². The summed E-state index contributed by atoms with van der Waals surface area (Å²) in [6.07, 6.45) is 0. The molecule has 0 N–H and O–H groups in total. The molecule has 15 heteroatoms. The van der Waals surface area contributed by atoms with Gasteiger partial charge >= 0.3 is 16.8 Å². The van der Waals surface area contributed by atoms with Crippen molar-refractivity contribution >= 4 is 48.7 Å². The van der Waals surface area contributed by atoms with Gasteiger partial charge in [0.1, 0.15) is 45.7 Å². The second-order valence-corrected chi connectivity index (χ2v) is 27.3. The van der Waals surface area contributed by atoms with Crippen LogP contribution < -0.4 is 28.0 Å². The van der Waals surface area contributed by atoms with Crippen molar-refractivity contribution in [2.75, 3.05) is 35.0 Å². The Morgan fingerprint density at radius 2 is 0.932 bits per heavy atom. The molecule has 0 amide bonds. The zero-order valence-electron chi connectivity index (χ0n) is 45.8. The highest BCUT2D eigenvalue weighted by atomic mass is 32.2. The summed E-state index contributed by atoms with van der Waals surface area (Å²) >= 11 is 0. The standard InChI is InChI=1S/C59H71NO11P2S/c1-36-23-25-42(26-24-36)74(61,62)60-51(37-21-19-18-20-22-37)35-67-72(60)68-52-43(27-38(63-14)31-47(52)56(2,3)4)44-28-39(64-15)32-48(57(5,6)7)53(44)69-73-70-54-45(29-40(65-16)33-49(54)58(8,9)10)46-30-41(66-17)34-50(55(46)71-73)59(11,12)13/h18-34,51H,35H2,1-17H3. The fourth-order valence-corrected chi connectivity index (χ4v) is 14.0. The van der Waals surface area contributed by atoms with E-state index in [-0.39, 0.29) is 11.5 Å². The second-order valence-electron chi connectivity index (χ2n) is 22.8. The van der Waals surface area contributed by atoms with Gasteiger partial charge in [-0.05, 0) is 94.8 Å². The van der Waals surface area contributed by atoms with Crippen LogP contribution in [0, 0.1) is 6.92 Å². The first-order valence-corrected chi connectivity index (χ1v) is 28.4. The molecule has 2 heterocycles. The molecule has 0 aliphatic carbocycles. The van der Waals surface area contributed by atoms with Crippen LogP contribution in [0.25, 0.3) is 33.1 Å². The van der Waals surface area contributed by atoms with Crippen LogP contribution in [0.2, 0.25) is 0 Å². The van der Waals surface area contributed by atoms with E-state index in [1.165, 1.54) is 4.08 Å². The van der Waals surface area contributed by atoms with Crippen LogP contribution in [-0.2, 0) is 36.2 Å². The van der Waals surface area contributed by atoms with Crippen molar-refractivity contribution in [1.82, 2.24) is 4.08 Å². The molecule has 0 saturated carbocycles. The Morgan fingerprint density at radius 1 is 0.527 bits per heavy atom. The molecule has 7 aromatic rings. The number of methoxy groups -OCH3 is 4. The molecule has 1 aromatic heterocycles. The van der Waals surface area contributed by atoms with Crippen molar-refractivity contribution in [3.05, 3.63) is 137 Å². The summed E-state index contributed by atoms with van der Waals surface area (Å²) < 4.78 is 91.5. The van der Waals surface area contributed by atoms with Crippen LogP contribution >= 0.6 is 16.8 Å². The number of fused-ring (bicyclic) bond motifs is 3. The molecule has 2 unspecified atom stereocenters. The van der Waals surface area contributed by atoms with Gasteiger partial charge < -0.3 is 40.9 Å². The summed E-state index contributed by atoms with van der Waals surface area (Å²) in [6, 6.07) is 31.3. The first kappa shape index (κ1) is 54.6. The average Bonchev–Trinajstić information content (AvgIpc) is 3.70. The van der Waals surface area contributed by atoms with Crippen molar-refractivity contribution in [1.29, 1.82) is 0 Å². The Balaban J connectivity index is 1.46. The maximum absolute atomic E-state index is 15.1. The zero-order valence-corrected chi connectivity index (χ0v) is 48.4. The monoisotopic (exact) mass is 1060 g/mol. The third kappa shape index (κ3) is 10.9. The molecule has 1 saturated heterocycles. The number of hydrogen-bond acceptors (Lipinski definition) is 11. The lowest BCUT2D eigenvalue weighted by Crippen LogP contribution is -2.29. The van der Waals surface area contributed by atoms with Crippen molar-refractivity contribution < 1.29 is 49.3 Å². The molecule has 6 aromatic carbocycles. The topological polar surface area (TPSA) is 128 Å². The van der Waals surface area contributed by atoms with Gasteiger partial charge in [-0.15, -0.1) is 4.08 Å². The summed E-state index contributed by atoms with van der Waals surface area (Å²) in [5.74, 6) is 3.24. The summed E-state index contributed by atoms with van der Waals surface area (Å²) in [7, 11) is -2.34. The lowest BCUT2D eigenvalue weighted by molar-refractivity contribution is 0.330. The fourth-order valence-electron chi connectivity index (χ4n) is 9.07. The third-order valence-corrected chi connectivity index (χ3v) is 18.2. The largest absolute Gasteiger partial charge is 0.497 e. The first-order chi connectivity index (χ1) is 34.7. The summed E-state index contributed by atoms with van der Waals surface area (Å²) in [5.41, 5.74) is 5.32. The molecule has 1 fully saturated rings. The molecule has 8 rings (SSSR count). The molecular weight excluding hydrogens is 993 g/mol. The molecular formula is C59H71NO11P2S. The first-order valence-electron chi connectivity index (χ1n) is 24.7. The van der Waals surface area contributed by atoms with E-state index < -0.39 is 54.5 Å². The van der Waals surface area contributed by atoms with Gasteiger partial charge in [-0.2, -0.15) is 0 Å². The van der Waals surface area contributed by atoms with E-state index >= 15 is 8.42 Å². The van der Waals surface area contributed by atoms with Crippen molar-refractivity contribution in [3.8, 4) is 45.6 Å². The van der Waals surface area contributed by atoms with Gasteiger partial charge in [-0.3, -0.25) is 0 Å². The summed E-state index contributed by atoms with van der Waals surface area (Å²) in [6.45, 7) is 27.3. The molecule has 12 nitrogen and oxygen atoms in total. The van der Waals surface area contributed by atoms with Crippen LogP contribution in [0.1, 0.15) is 123 Å². The van der Waals surface area contributed by atoms with Gasteiger partial charge in [0.25, 0.3) is 10.0 Å². The van der Waals surface area contributed by atoms with Crippen LogP contribution in [-0.4, -0.2) is 47.5 Å². The van der Waals surface area contributed by atoms with Crippen LogP contribution in [0.15, 0.2) is 116 Å². The quantitative estimate of drug-likeness (QED) is 0.108. The SMILES string of the molecule is COc1cc(-c2cc(OC)cc(C(C)(C)C)c2Op2oc3c(C(C)(C)C)cc(OC)cc3c3cc(OC)cc(C(C)(C)C)c3o2)c(OP2OCC(c3ccccc3)N2S(=O)(=O)c2ccc(C)cc2)c(C(C)(C)C)c1. The van der Waals surface area contributed by atoms with E-state index in [4.69, 9.17) is 40.9 Å². The average molecular weight is 1060 g/mol. The number of nitrogens with zero attached hydrogens (tertiary/aromatic N) is 1. The number of hydrogen-bond donors (Lipinski definition) is 0. The van der Waals surface area contributed by atoms with Gasteiger partial charge in [-0.1, -0.05) is 131 Å². The Labute approximate surface area is 439 Å². The molecule has 1 aliphatic rings. The lowest BCUT2D eigenvalue weighted by Gasteiger charge is -2.31. The van der Waals surface area contributed by atoms with Crippen LogP contribution in [0.5, 0.6) is 34.5 Å². The Bertz CT molecular complexity index is 3280. The van der Waals surface area contributed by atoms with E-state index in [1.54, 1.807) is 52.7 Å². The van der Waals surface area contributed by atoms with Crippen molar-refractivity contribution in [2.24, 2.45) is 0 Å². The number of sulfonamides is 1. The zero-order chi connectivity index (χ0) is 53.9. The van der Waals surface area contributed by atoms with E-state index in [0.29, 0.717) is 56.8 Å². The van der Waals surface area contributed by atoms with Gasteiger partial charge in [0.15, 0.2) is 0 Å². The summed E-state index contributed by atoms with van der Waals surface area (Å²) in [5, 5.41) is 1.54. The van der Waals surface area contributed by atoms with E-state index in [0.717, 1.165) is 44.2 Å². The highest BCUT2D eigenvalue weighted by molar-refractivity contribution is 7.93. The molecule has 74 heavy (non-hydrogen) atoms. The van der Waals surface area contributed by atoms with Crippen molar-refractivity contribution in [2.45, 2.75) is 123 Å². The minimum absolute atomic E-state index is 0.0611. The van der Waals surface area contributed by atoms with E-state index in [9.17, 15) is 0 Å². The van der Waals surface area contributed by atoms with Crippen LogP contribution in [0.3, 0.4) is 0 Å². The van der Waals surface area contributed by atoms with Gasteiger partial charge in [0.05, 0.1) is 46.0 Å². The maximum Gasteiger partial charge on any atom is 0.453 e. The molecule has 394 valence electrons. The highest BCUT2D eigenvalue weighted by Crippen LogP contribution is 2.61. The number of ether oxygens (including phenoxy) is 4. The number of aryl methyl sites for hydroxylation is 1. The molecule has 0 spiro atoms. The lowest BCUT2D eigenvalue weighted by atomic mass is 9.81. The molecule has 2 atom stereocenters. The third-order valence-electron chi connectivity index (χ3n) is 13.2. The Kier molecular flexibility index (Phi) is 15.1. The molecule has 0 radical (unpaired) electrons. The normalized spacial score (nSPS) is 15.9. The van der Waals surface area contributed by atoms with E-state index in [2.05, 4.69) is 83.1 Å². The van der Waals surface area contributed by atoms with Gasteiger partial charge in [0.2, 0.25) is 0 Å². The second kappa shape index (κ2) is 20.5. The van der Waals surface area contributed by atoms with Crippen molar-refractivity contribution in [3.63, 3.8) is 0 Å². The minimum atomic E-state index is -4.22.